The number of nitrogens with one attached hydrogen (secondary N) is 1. The minimum absolute atomic E-state index is 0.583. The molecular weight excluding hydrogens is 252 g/mol. The van der Waals surface area contributed by atoms with Crippen molar-refractivity contribution in [1.29, 1.82) is 0 Å². The predicted octanol–water partition coefficient (Wildman–Crippen LogP) is 3.83. The van der Waals surface area contributed by atoms with Crippen LogP contribution in [-0.4, -0.2) is 31.1 Å². The first-order chi connectivity index (χ1) is 9.08. The Balaban J connectivity index is 2.15. The Hall–Kier alpha value is -0.380. The van der Waals surface area contributed by atoms with Crippen LogP contribution >= 0.6 is 11.3 Å². The van der Waals surface area contributed by atoms with Crippen molar-refractivity contribution < 1.29 is 0 Å². The van der Waals surface area contributed by atoms with Crippen LogP contribution in [0.3, 0.4) is 0 Å². The zero-order valence-corrected chi connectivity index (χ0v) is 13.6. The van der Waals surface area contributed by atoms with E-state index in [1.54, 1.807) is 4.88 Å². The van der Waals surface area contributed by atoms with E-state index in [0.29, 0.717) is 12.1 Å². The highest BCUT2D eigenvalue weighted by molar-refractivity contribution is 7.12. The molecule has 2 heterocycles. The van der Waals surface area contributed by atoms with Gasteiger partial charge >= 0.3 is 0 Å². The first-order valence-corrected chi connectivity index (χ1v) is 8.39. The number of thiophene rings is 1. The van der Waals surface area contributed by atoms with Crippen LogP contribution in [0.25, 0.3) is 0 Å². The third-order valence-electron chi connectivity index (χ3n) is 4.10. The van der Waals surface area contributed by atoms with E-state index in [0.717, 1.165) is 12.5 Å². The summed E-state index contributed by atoms with van der Waals surface area (Å²) in [5.74, 6) is 0.743. The molecule has 0 bridgehead atoms. The summed E-state index contributed by atoms with van der Waals surface area (Å²) in [6, 6.07) is 5.80. The smallest absolute Gasteiger partial charge is 0.0478 e. The Morgan fingerprint density at radius 2 is 2.16 bits per heavy atom. The van der Waals surface area contributed by atoms with Crippen molar-refractivity contribution in [2.24, 2.45) is 5.92 Å². The molecule has 0 radical (unpaired) electrons. The van der Waals surface area contributed by atoms with Crippen molar-refractivity contribution >= 4 is 11.3 Å². The summed E-state index contributed by atoms with van der Waals surface area (Å²) >= 11 is 1.98. The highest BCUT2D eigenvalue weighted by Crippen LogP contribution is 2.37. The van der Waals surface area contributed by atoms with Gasteiger partial charge in [-0.3, -0.25) is 4.90 Å². The largest absolute Gasteiger partial charge is 0.314 e. The summed E-state index contributed by atoms with van der Waals surface area (Å²) in [6.45, 7) is 9.07. The van der Waals surface area contributed by atoms with Crippen LogP contribution in [0.1, 0.15) is 48.9 Å². The molecule has 0 aromatic carbocycles. The van der Waals surface area contributed by atoms with Crippen LogP contribution in [0.15, 0.2) is 12.1 Å². The molecule has 0 saturated carbocycles. The van der Waals surface area contributed by atoms with Gasteiger partial charge in [-0.2, -0.15) is 0 Å². The monoisotopic (exact) mass is 280 g/mol. The average Bonchev–Trinajstić information content (AvgIpc) is 2.67. The lowest BCUT2D eigenvalue weighted by Crippen LogP contribution is -2.36. The van der Waals surface area contributed by atoms with E-state index in [9.17, 15) is 0 Å². The lowest BCUT2D eigenvalue weighted by Gasteiger charge is -2.32. The molecule has 3 heteroatoms. The van der Waals surface area contributed by atoms with Crippen LogP contribution in [0.4, 0.5) is 0 Å². The SMILES string of the molecule is Cc1ccc(C2C(CNC(C)C)CCCCN2C)s1. The summed E-state index contributed by atoms with van der Waals surface area (Å²) in [4.78, 5) is 5.56. The van der Waals surface area contributed by atoms with Gasteiger partial charge in [-0.05, 0) is 51.4 Å². The van der Waals surface area contributed by atoms with Gasteiger partial charge in [0.2, 0.25) is 0 Å². The molecule has 2 nitrogen and oxygen atoms in total. The minimum Gasteiger partial charge on any atom is -0.314 e. The van der Waals surface area contributed by atoms with E-state index in [-0.39, 0.29) is 0 Å². The zero-order chi connectivity index (χ0) is 13.8. The highest BCUT2D eigenvalue weighted by Gasteiger charge is 2.29. The van der Waals surface area contributed by atoms with Gasteiger partial charge in [0.25, 0.3) is 0 Å². The predicted molar refractivity (Wildman–Crippen MR) is 84.9 cm³/mol. The second kappa shape index (κ2) is 6.87. The second-order valence-electron chi connectivity index (χ2n) is 6.19. The molecule has 108 valence electrons. The fraction of sp³-hybridized carbons (Fsp3) is 0.750. The Morgan fingerprint density at radius 1 is 1.37 bits per heavy atom. The van der Waals surface area contributed by atoms with E-state index < -0.39 is 0 Å². The number of rotatable bonds is 4. The average molecular weight is 280 g/mol. The molecule has 1 aromatic heterocycles. The maximum atomic E-state index is 3.65. The van der Waals surface area contributed by atoms with Gasteiger partial charge in [-0.25, -0.2) is 0 Å². The topological polar surface area (TPSA) is 15.3 Å². The number of hydrogen-bond donors (Lipinski definition) is 1. The molecule has 2 unspecified atom stereocenters. The first-order valence-electron chi connectivity index (χ1n) is 7.58. The van der Waals surface area contributed by atoms with Gasteiger partial charge in [-0.15, -0.1) is 11.3 Å². The Labute approximate surface area is 122 Å². The number of hydrogen-bond acceptors (Lipinski definition) is 3. The number of likely N-dealkylation sites (tertiary alicyclic amines) is 1. The van der Waals surface area contributed by atoms with Crippen molar-refractivity contribution in [3.05, 3.63) is 21.9 Å². The highest BCUT2D eigenvalue weighted by atomic mass is 32.1. The molecule has 1 N–H and O–H groups in total. The molecule has 1 aliphatic heterocycles. The summed E-state index contributed by atoms with van der Waals surface area (Å²) in [6.07, 6.45) is 4.07. The van der Waals surface area contributed by atoms with E-state index in [1.807, 2.05) is 11.3 Å². The number of nitrogens with zero attached hydrogens (tertiary/aromatic N) is 1. The van der Waals surface area contributed by atoms with Crippen molar-refractivity contribution in [3.8, 4) is 0 Å². The van der Waals surface area contributed by atoms with Gasteiger partial charge < -0.3 is 5.32 Å². The van der Waals surface area contributed by atoms with E-state index in [1.165, 1.54) is 30.7 Å². The molecular formula is C16H28N2S. The molecule has 0 spiro atoms. The zero-order valence-electron chi connectivity index (χ0n) is 12.8. The Kier molecular flexibility index (Phi) is 5.43. The van der Waals surface area contributed by atoms with E-state index >= 15 is 0 Å². The summed E-state index contributed by atoms with van der Waals surface area (Å²) in [7, 11) is 2.30. The molecule has 0 aliphatic carbocycles. The molecule has 1 aliphatic rings. The lowest BCUT2D eigenvalue weighted by molar-refractivity contribution is 0.190. The van der Waals surface area contributed by atoms with Crippen molar-refractivity contribution in [2.45, 2.75) is 52.1 Å². The van der Waals surface area contributed by atoms with E-state index in [2.05, 4.69) is 50.2 Å². The van der Waals surface area contributed by atoms with Crippen LogP contribution in [0.2, 0.25) is 0 Å². The lowest BCUT2D eigenvalue weighted by atomic mass is 9.93. The van der Waals surface area contributed by atoms with Crippen LogP contribution < -0.4 is 5.32 Å². The van der Waals surface area contributed by atoms with Gasteiger partial charge in [0.05, 0.1) is 0 Å². The van der Waals surface area contributed by atoms with Gasteiger partial charge in [-0.1, -0.05) is 20.3 Å². The van der Waals surface area contributed by atoms with Crippen molar-refractivity contribution in [2.75, 3.05) is 20.1 Å². The third kappa shape index (κ3) is 4.04. The normalized spacial score (nSPS) is 25.7. The fourth-order valence-electron chi connectivity index (χ4n) is 3.09. The van der Waals surface area contributed by atoms with Crippen LogP contribution in [0.5, 0.6) is 0 Å². The van der Waals surface area contributed by atoms with E-state index in [4.69, 9.17) is 0 Å². The molecule has 2 rings (SSSR count). The first kappa shape index (κ1) is 15.0. The van der Waals surface area contributed by atoms with Gasteiger partial charge in [0.1, 0.15) is 0 Å². The standard InChI is InChI=1S/C16H28N2S/c1-12(2)17-11-14-7-5-6-10-18(4)16(14)15-9-8-13(3)19-15/h8-9,12,14,16-17H,5-7,10-11H2,1-4H3. The molecule has 19 heavy (non-hydrogen) atoms. The van der Waals surface area contributed by atoms with Gasteiger partial charge in [0.15, 0.2) is 0 Å². The summed E-state index contributed by atoms with van der Waals surface area (Å²) in [5.41, 5.74) is 0. The van der Waals surface area contributed by atoms with Crippen molar-refractivity contribution in [3.63, 3.8) is 0 Å². The minimum atomic E-state index is 0.583. The van der Waals surface area contributed by atoms with Gasteiger partial charge in [0, 0.05) is 28.4 Å². The van der Waals surface area contributed by atoms with Crippen LogP contribution in [0, 0.1) is 12.8 Å². The van der Waals surface area contributed by atoms with Crippen molar-refractivity contribution in [1.82, 2.24) is 10.2 Å². The summed E-state index contributed by atoms with van der Waals surface area (Å²) < 4.78 is 0. The molecule has 1 aromatic rings. The Bertz CT molecular complexity index is 386. The molecule has 1 saturated heterocycles. The molecule has 2 atom stereocenters. The Morgan fingerprint density at radius 3 is 2.79 bits per heavy atom. The molecule has 0 amide bonds. The fourth-order valence-corrected chi connectivity index (χ4v) is 4.22. The number of aryl methyl sites for hydroxylation is 1. The third-order valence-corrected chi connectivity index (χ3v) is 5.17. The maximum absolute atomic E-state index is 3.65. The van der Waals surface area contributed by atoms with Crippen LogP contribution in [-0.2, 0) is 0 Å². The summed E-state index contributed by atoms with van der Waals surface area (Å²) in [5, 5.41) is 3.65. The maximum Gasteiger partial charge on any atom is 0.0478 e. The molecule has 1 fully saturated rings. The second-order valence-corrected chi connectivity index (χ2v) is 7.51. The quantitative estimate of drug-likeness (QED) is 0.902.